The number of nitrogens with zero attached hydrogens (tertiary/aromatic N) is 3. The number of amides is 1. The van der Waals surface area contributed by atoms with Crippen molar-refractivity contribution in [3.63, 3.8) is 0 Å². The van der Waals surface area contributed by atoms with Gasteiger partial charge in [-0.3, -0.25) is 4.79 Å². The molecule has 0 spiro atoms. The molecule has 3 aromatic rings. The fraction of sp³-hybridized carbons (Fsp3) is 0.300. The Morgan fingerprint density at radius 1 is 1.23 bits per heavy atom. The number of anilines is 1. The van der Waals surface area contributed by atoms with Crippen LogP contribution in [0, 0.1) is 0 Å². The maximum absolute atomic E-state index is 12.6. The van der Waals surface area contributed by atoms with Gasteiger partial charge < -0.3 is 14.6 Å². The maximum Gasteiger partial charge on any atom is 0.341 e. The van der Waals surface area contributed by atoms with E-state index >= 15 is 0 Å². The first-order valence-electron chi connectivity index (χ1n) is 9.28. The predicted octanol–water partition coefficient (Wildman–Crippen LogP) is 4.76. The Bertz CT molecular complexity index is 1050. The summed E-state index contributed by atoms with van der Waals surface area (Å²) in [6, 6.07) is 7.14. The average molecular weight is 465 g/mol. The van der Waals surface area contributed by atoms with Crippen molar-refractivity contribution in [3.05, 3.63) is 46.1 Å². The number of esters is 1. The van der Waals surface area contributed by atoms with Crippen LogP contribution in [0.25, 0.3) is 11.1 Å². The fourth-order valence-electron chi connectivity index (χ4n) is 2.89. The zero-order valence-corrected chi connectivity index (χ0v) is 19.2. The molecule has 0 bridgehead atoms. The van der Waals surface area contributed by atoms with E-state index in [0.717, 1.165) is 24.4 Å². The SMILES string of the molecule is CCc1nnc(SCC(=O)Nc2scc(-c3ccc(Cl)cc3)c2C(=O)OC)n1CC. The normalized spacial score (nSPS) is 10.8. The van der Waals surface area contributed by atoms with Crippen molar-refractivity contribution in [1.29, 1.82) is 0 Å². The molecule has 1 N–H and O–H groups in total. The minimum atomic E-state index is -0.512. The zero-order valence-electron chi connectivity index (χ0n) is 16.8. The zero-order chi connectivity index (χ0) is 21.7. The van der Waals surface area contributed by atoms with Crippen molar-refractivity contribution in [2.24, 2.45) is 0 Å². The third-order valence-electron chi connectivity index (χ3n) is 4.35. The Kier molecular flexibility index (Phi) is 7.52. The Balaban J connectivity index is 1.77. The van der Waals surface area contributed by atoms with Crippen LogP contribution in [0.5, 0.6) is 0 Å². The minimum Gasteiger partial charge on any atom is -0.465 e. The molecular formula is C20H21ClN4O3S2. The second-order valence-corrected chi connectivity index (χ2v) is 8.44. The molecule has 30 heavy (non-hydrogen) atoms. The lowest BCUT2D eigenvalue weighted by atomic mass is 10.0. The summed E-state index contributed by atoms with van der Waals surface area (Å²) in [5.74, 6) is 0.288. The number of carbonyl (C=O) groups excluding carboxylic acids is 2. The molecule has 0 unspecified atom stereocenters. The van der Waals surface area contributed by atoms with Gasteiger partial charge in [-0.15, -0.1) is 21.5 Å². The van der Waals surface area contributed by atoms with Gasteiger partial charge in [0.25, 0.3) is 0 Å². The summed E-state index contributed by atoms with van der Waals surface area (Å²) >= 11 is 8.55. The first-order valence-corrected chi connectivity index (χ1v) is 11.5. The molecule has 0 aliphatic rings. The fourth-order valence-corrected chi connectivity index (χ4v) is 4.82. The van der Waals surface area contributed by atoms with Crippen LogP contribution in [-0.2, 0) is 22.5 Å². The number of thiophene rings is 1. The number of ether oxygens (including phenoxy) is 1. The van der Waals surface area contributed by atoms with E-state index < -0.39 is 5.97 Å². The van der Waals surface area contributed by atoms with Crippen molar-refractivity contribution in [1.82, 2.24) is 14.8 Å². The van der Waals surface area contributed by atoms with Crippen LogP contribution in [0.4, 0.5) is 5.00 Å². The lowest BCUT2D eigenvalue weighted by Gasteiger charge is -2.08. The highest BCUT2D eigenvalue weighted by Crippen LogP contribution is 2.36. The molecule has 158 valence electrons. The van der Waals surface area contributed by atoms with Gasteiger partial charge in [0.1, 0.15) is 16.4 Å². The largest absolute Gasteiger partial charge is 0.465 e. The minimum absolute atomic E-state index is 0.149. The summed E-state index contributed by atoms with van der Waals surface area (Å²) in [6.45, 7) is 4.77. The molecule has 0 aliphatic carbocycles. The summed E-state index contributed by atoms with van der Waals surface area (Å²) in [5, 5.41) is 14.7. The van der Waals surface area contributed by atoms with Gasteiger partial charge in [-0.05, 0) is 24.6 Å². The number of carbonyl (C=O) groups is 2. The summed E-state index contributed by atoms with van der Waals surface area (Å²) < 4.78 is 6.93. The van der Waals surface area contributed by atoms with Gasteiger partial charge in [-0.1, -0.05) is 42.4 Å². The number of aryl methyl sites for hydroxylation is 1. The smallest absolute Gasteiger partial charge is 0.341 e. The standard InChI is InChI=1S/C20H21ClN4O3S2/c1-4-15-23-24-20(25(15)5-2)30-11-16(26)22-18-17(19(27)28-3)14(10-29-18)12-6-8-13(21)9-7-12/h6-10H,4-5,11H2,1-3H3,(H,22,26). The Morgan fingerprint density at radius 3 is 2.60 bits per heavy atom. The summed E-state index contributed by atoms with van der Waals surface area (Å²) in [4.78, 5) is 25.0. The molecule has 0 aliphatic heterocycles. The number of halogens is 1. The molecule has 3 rings (SSSR count). The van der Waals surface area contributed by atoms with Crippen molar-refractivity contribution >= 4 is 51.6 Å². The molecular weight excluding hydrogens is 444 g/mol. The first kappa shape index (κ1) is 22.3. The number of methoxy groups -OCH3 is 1. The van der Waals surface area contributed by atoms with Gasteiger partial charge >= 0.3 is 5.97 Å². The second kappa shape index (κ2) is 10.1. The molecule has 0 radical (unpaired) electrons. The topological polar surface area (TPSA) is 86.1 Å². The predicted molar refractivity (Wildman–Crippen MR) is 121 cm³/mol. The van der Waals surface area contributed by atoms with Gasteiger partial charge in [0.2, 0.25) is 5.91 Å². The molecule has 10 heteroatoms. The van der Waals surface area contributed by atoms with Gasteiger partial charge in [0.15, 0.2) is 5.16 Å². The van der Waals surface area contributed by atoms with E-state index in [1.807, 2.05) is 35.9 Å². The molecule has 0 saturated heterocycles. The molecule has 0 saturated carbocycles. The van der Waals surface area contributed by atoms with Gasteiger partial charge in [0, 0.05) is 28.9 Å². The summed E-state index contributed by atoms with van der Waals surface area (Å²) in [7, 11) is 1.32. The number of hydrogen-bond acceptors (Lipinski definition) is 7. The number of aromatic nitrogens is 3. The van der Waals surface area contributed by atoms with E-state index in [1.54, 1.807) is 12.1 Å². The van der Waals surface area contributed by atoms with Crippen LogP contribution < -0.4 is 5.32 Å². The molecule has 2 heterocycles. The molecule has 7 nitrogen and oxygen atoms in total. The number of rotatable bonds is 8. The highest BCUT2D eigenvalue weighted by atomic mass is 35.5. The molecule has 0 atom stereocenters. The van der Waals surface area contributed by atoms with Gasteiger partial charge in [0.05, 0.1) is 12.9 Å². The Hall–Kier alpha value is -2.36. The number of nitrogens with one attached hydrogen (secondary N) is 1. The van der Waals surface area contributed by atoms with Crippen molar-refractivity contribution in [3.8, 4) is 11.1 Å². The van der Waals surface area contributed by atoms with Crippen LogP contribution in [0.3, 0.4) is 0 Å². The van der Waals surface area contributed by atoms with Gasteiger partial charge in [-0.25, -0.2) is 4.79 Å². The van der Waals surface area contributed by atoms with Crippen LogP contribution in [0.15, 0.2) is 34.8 Å². The molecule has 1 aromatic carbocycles. The summed E-state index contributed by atoms with van der Waals surface area (Å²) in [5.41, 5.74) is 1.83. The van der Waals surface area contributed by atoms with E-state index in [-0.39, 0.29) is 11.7 Å². The van der Waals surface area contributed by atoms with E-state index in [1.165, 1.54) is 30.2 Å². The van der Waals surface area contributed by atoms with Crippen LogP contribution in [-0.4, -0.2) is 39.5 Å². The average Bonchev–Trinajstić information content (AvgIpc) is 3.35. The van der Waals surface area contributed by atoms with Gasteiger partial charge in [-0.2, -0.15) is 0 Å². The summed E-state index contributed by atoms with van der Waals surface area (Å²) in [6.07, 6.45) is 0.777. The maximum atomic E-state index is 12.6. The molecule has 2 aromatic heterocycles. The highest BCUT2D eigenvalue weighted by Gasteiger charge is 2.22. The number of thioether (sulfide) groups is 1. The molecule has 0 fully saturated rings. The second-order valence-electron chi connectivity index (χ2n) is 6.19. The van der Waals surface area contributed by atoms with Crippen molar-refractivity contribution < 1.29 is 14.3 Å². The quantitative estimate of drug-likeness (QED) is 0.382. The van der Waals surface area contributed by atoms with Crippen LogP contribution in [0.1, 0.15) is 30.0 Å². The van der Waals surface area contributed by atoms with E-state index in [0.29, 0.717) is 26.3 Å². The highest BCUT2D eigenvalue weighted by molar-refractivity contribution is 7.99. The van der Waals surface area contributed by atoms with E-state index in [9.17, 15) is 9.59 Å². The van der Waals surface area contributed by atoms with Crippen molar-refractivity contribution in [2.75, 3.05) is 18.2 Å². The molecule has 1 amide bonds. The number of benzene rings is 1. The van der Waals surface area contributed by atoms with Crippen LogP contribution in [0.2, 0.25) is 5.02 Å². The lowest BCUT2D eigenvalue weighted by Crippen LogP contribution is -2.16. The van der Waals surface area contributed by atoms with Crippen molar-refractivity contribution in [2.45, 2.75) is 32.0 Å². The van der Waals surface area contributed by atoms with E-state index in [4.69, 9.17) is 16.3 Å². The van der Waals surface area contributed by atoms with E-state index in [2.05, 4.69) is 15.5 Å². The third-order valence-corrected chi connectivity index (χ3v) is 6.46. The third kappa shape index (κ3) is 4.85. The van der Waals surface area contributed by atoms with Crippen LogP contribution >= 0.6 is 34.7 Å². The monoisotopic (exact) mass is 464 g/mol. The first-order chi connectivity index (χ1) is 14.5. The Morgan fingerprint density at radius 2 is 1.97 bits per heavy atom. The number of hydrogen-bond donors (Lipinski definition) is 1. The lowest BCUT2D eigenvalue weighted by molar-refractivity contribution is -0.113. The Labute approximate surface area is 187 Å².